The highest BCUT2D eigenvalue weighted by molar-refractivity contribution is 5.76. The first-order valence-electron chi connectivity index (χ1n) is 8.40. The maximum Gasteiger partial charge on any atom is 0.164 e. The molecule has 0 aromatic rings. The lowest BCUT2D eigenvalue weighted by molar-refractivity contribution is 0.224. The summed E-state index contributed by atoms with van der Waals surface area (Å²) in [6.45, 7) is 6.27. The summed E-state index contributed by atoms with van der Waals surface area (Å²) in [4.78, 5) is 0. The molecule has 1 aliphatic heterocycles. The van der Waals surface area contributed by atoms with Crippen molar-refractivity contribution in [2.75, 3.05) is 13.1 Å². The molecule has 0 fully saturated rings. The molecule has 23 heavy (non-hydrogen) atoms. The fourth-order valence-corrected chi connectivity index (χ4v) is 3.24. The predicted octanol–water partition coefficient (Wildman–Crippen LogP) is 4.16. The second-order valence-corrected chi connectivity index (χ2v) is 6.61. The molecule has 4 heteroatoms. The zero-order valence-electron chi connectivity index (χ0n) is 14.4. The Morgan fingerprint density at radius 2 is 2.04 bits per heavy atom. The van der Waals surface area contributed by atoms with Crippen molar-refractivity contribution in [1.29, 1.82) is 5.41 Å². The van der Waals surface area contributed by atoms with Crippen LogP contribution in [0.3, 0.4) is 0 Å². The molecule has 0 saturated carbocycles. The zero-order valence-corrected chi connectivity index (χ0v) is 14.4. The van der Waals surface area contributed by atoms with Gasteiger partial charge in [0.1, 0.15) is 0 Å². The van der Waals surface area contributed by atoms with Crippen molar-refractivity contribution in [3.05, 3.63) is 46.3 Å². The molecule has 3 N–H and O–H groups in total. The highest BCUT2D eigenvalue weighted by Crippen LogP contribution is 2.30. The second kappa shape index (κ2) is 7.62. The standard InChI is InChI=1S/C19H28FN3/c1-14-8-4-5-9-16(14)17-10-6-7-11-22-18(15(2)12-21)19(3,20)13-23-17/h6-7,10,12,21-23H,4-5,8-9,11,13H2,1-3H3/b7-6-,17-10-,18-15-,21-12?. The first-order chi connectivity index (χ1) is 11.0. The van der Waals surface area contributed by atoms with E-state index in [2.05, 4.69) is 23.6 Å². The van der Waals surface area contributed by atoms with E-state index in [9.17, 15) is 0 Å². The van der Waals surface area contributed by atoms with Gasteiger partial charge in [-0.2, -0.15) is 0 Å². The zero-order chi connectivity index (χ0) is 16.9. The molecular formula is C19H28FN3. The van der Waals surface area contributed by atoms with Gasteiger partial charge in [-0.05, 0) is 63.7 Å². The van der Waals surface area contributed by atoms with Crippen molar-refractivity contribution < 1.29 is 4.39 Å². The minimum atomic E-state index is -1.55. The topological polar surface area (TPSA) is 47.9 Å². The van der Waals surface area contributed by atoms with Crippen LogP contribution in [0.5, 0.6) is 0 Å². The molecule has 0 aromatic carbocycles. The third-order valence-electron chi connectivity index (χ3n) is 4.61. The summed E-state index contributed by atoms with van der Waals surface area (Å²) in [5.74, 6) is 0. The minimum absolute atomic E-state index is 0.191. The Morgan fingerprint density at radius 3 is 2.74 bits per heavy atom. The van der Waals surface area contributed by atoms with E-state index in [0.717, 1.165) is 18.5 Å². The Balaban J connectivity index is 2.32. The molecule has 1 aliphatic carbocycles. The van der Waals surface area contributed by atoms with E-state index in [1.54, 1.807) is 13.8 Å². The summed E-state index contributed by atoms with van der Waals surface area (Å²) in [6, 6.07) is 0. The van der Waals surface area contributed by atoms with Crippen LogP contribution < -0.4 is 10.6 Å². The monoisotopic (exact) mass is 317 g/mol. The van der Waals surface area contributed by atoms with Crippen LogP contribution in [0.15, 0.2) is 46.3 Å². The molecule has 0 spiro atoms. The summed E-state index contributed by atoms with van der Waals surface area (Å²) in [5, 5.41) is 13.9. The number of nitrogens with one attached hydrogen (secondary N) is 3. The van der Waals surface area contributed by atoms with Gasteiger partial charge in [0.25, 0.3) is 0 Å². The molecule has 0 radical (unpaired) electrons. The molecule has 2 rings (SSSR count). The van der Waals surface area contributed by atoms with Crippen molar-refractivity contribution in [2.24, 2.45) is 0 Å². The Labute approximate surface area is 138 Å². The molecule has 0 bridgehead atoms. The fourth-order valence-electron chi connectivity index (χ4n) is 3.24. The van der Waals surface area contributed by atoms with E-state index in [1.807, 2.05) is 12.2 Å². The summed E-state index contributed by atoms with van der Waals surface area (Å²) in [6.07, 6.45) is 11.9. The lowest BCUT2D eigenvalue weighted by Gasteiger charge is -2.29. The molecule has 3 nitrogen and oxygen atoms in total. The normalized spacial score (nSPS) is 32.1. The van der Waals surface area contributed by atoms with Gasteiger partial charge in [-0.15, -0.1) is 0 Å². The van der Waals surface area contributed by atoms with E-state index in [4.69, 9.17) is 5.41 Å². The summed E-state index contributed by atoms with van der Waals surface area (Å²) in [7, 11) is 0. The van der Waals surface area contributed by atoms with Gasteiger partial charge in [-0.1, -0.05) is 17.7 Å². The highest BCUT2D eigenvalue weighted by Gasteiger charge is 2.30. The summed E-state index contributed by atoms with van der Waals surface area (Å²) < 4.78 is 15.2. The summed E-state index contributed by atoms with van der Waals surface area (Å²) in [5.41, 5.74) is 3.35. The van der Waals surface area contributed by atoms with Gasteiger partial charge in [0.15, 0.2) is 5.67 Å². The first-order valence-corrected chi connectivity index (χ1v) is 8.40. The molecular weight excluding hydrogens is 289 g/mol. The number of hydrogen-bond acceptors (Lipinski definition) is 3. The third-order valence-corrected chi connectivity index (χ3v) is 4.61. The average molecular weight is 317 g/mol. The van der Waals surface area contributed by atoms with E-state index in [-0.39, 0.29) is 6.54 Å². The second-order valence-electron chi connectivity index (χ2n) is 6.61. The maximum atomic E-state index is 15.2. The quantitative estimate of drug-likeness (QED) is 0.670. The van der Waals surface area contributed by atoms with Crippen LogP contribution >= 0.6 is 0 Å². The van der Waals surface area contributed by atoms with Crippen molar-refractivity contribution in [2.45, 2.75) is 52.1 Å². The molecule has 0 amide bonds. The van der Waals surface area contributed by atoms with Crippen molar-refractivity contribution in [3.63, 3.8) is 0 Å². The van der Waals surface area contributed by atoms with Crippen LogP contribution in [0.2, 0.25) is 0 Å². The van der Waals surface area contributed by atoms with Crippen LogP contribution in [0.1, 0.15) is 46.5 Å². The molecule has 126 valence electrons. The van der Waals surface area contributed by atoms with Crippen LogP contribution in [0, 0.1) is 5.41 Å². The lowest BCUT2D eigenvalue weighted by atomic mass is 9.90. The lowest BCUT2D eigenvalue weighted by Crippen LogP contribution is -2.42. The van der Waals surface area contributed by atoms with Crippen molar-refractivity contribution in [1.82, 2.24) is 10.6 Å². The number of hydrogen-bond donors (Lipinski definition) is 3. The fraction of sp³-hybridized carbons (Fsp3) is 0.526. The predicted molar refractivity (Wildman–Crippen MR) is 95.4 cm³/mol. The Hall–Kier alpha value is -1.84. The smallest absolute Gasteiger partial charge is 0.164 e. The first kappa shape index (κ1) is 17.5. The van der Waals surface area contributed by atoms with Gasteiger partial charge in [-0.25, -0.2) is 4.39 Å². The summed E-state index contributed by atoms with van der Waals surface area (Å²) >= 11 is 0. The van der Waals surface area contributed by atoms with Gasteiger partial charge >= 0.3 is 0 Å². The number of halogens is 1. The average Bonchev–Trinajstić information content (AvgIpc) is 2.53. The largest absolute Gasteiger partial charge is 0.382 e. The Morgan fingerprint density at radius 1 is 1.30 bits per heavy atom. The molecule has 0 aromatic heterocycles. The van der Waals surface area contributed by atoms with E-state index >= 15 is 4.39 Å². The minimum Gasteiger partial charge on any atom is -0.382 e. The van der Waals surface area contributed by atoms with Crippen molar-refractivity contribution >= 4 is 6.21 Å². The number of rotatable bonds is 2. The molecule has 1 unspecified atom stereocenters. The molecule has 2 aliphatic rings. The molecule has 1 atom stereocenters. The highest BCUT2D eigenvalue weighted by atomic mass is 19.1. The van der Waals surface area contributed by atoms with Crippen LogP contribution in [-0.4, -0.2) is 25.0 Å². The number of alkyl halides is 1. The maximum absolute atomic E-state index is 15.2. The van der Waals surface area contributed by atoms with Crippen molar-refractivity contribution in [3.8, 4) is 0 Å². The molecule has 1 heterocycles. The van der Waals surface area contributed by atoms with Gasteiger partial charge in [-0.3, -0.25) is 0 Å². The van der Waals surface area contributed by atoms with Crippen LogP contribution in [0.25, 0.3) is 0 Å². The number of allylic oxidation sites excluding steroid dienone is 5. The Bertz CT molecular complexity index is 579. The van der Waals surface area contributed by atoms with Crippen LogP contribution in [-0.2, 0) is 0 Å². The Kier molecular flexibility index (Phi) is 5.80. The van der Waals surface area contributed by atoms with E-state index in [0.29, 0.717) is 17.8 Å². The SMILES string of the molecule is CC1=C(/C2=C/C=C\CN/C(=C(/C)C=N)C(C)(F)CN2)CCCC1. The third kappa shape index (κ3) is 4.34. The van der Waals surface area contributed by atoms with E-state index < -0.39 is 5.67 Å². The van der Waals surface area contributed by atoms with Gasteiger partial charge in [0.2, 0.25) is 0 Å². The molecule has 0 saturated heterocycles. The van der Waals surface area contributed by atoms with Gasteiger partial charge in [0.05, 0.1) is 12.2 Å². The van der Waals surface area contributed by atoms with Crippen LogP contribution in [0.4, 0.5) is 4.39 Å². The van der Waals surface area contributed by atoms with E-state index in [1.165, 1.54) is 30.2 Å². The van der Waals surface area contributed by atoms with Gasteiger partial charge < -0.3 is 16.0 Å². The van der Waals surface area contributed by atoms with Gasteiger partial charge in [0, 0.05) is 18.5 Å².